The van der Waals surface area contributed by atoms with Gasteiger partial charge in [-0.25, -0.2) is 4.98 Å². The van der Waals surface area contributed by atoms with Crippen molar-refractivity contribution in [3.63, 3.8) is 0 Å². The van der Waals surface area contributed by atoms with Crippen molar-refractivity contribution in [2.45, 2.75) is 58.3 Å². The summed E-state index contributed by atoms with van der Waals surface area (Å²) in [5.74, 6) is -1.42. The molecule has 4 N–H and O–H groups in total. The minimum Gasteiger partial charge on any atom is -0.339 e. The highest BCUT2D eigenvalue weighted by Gasteiger charge is 2.50. The summed E-state index contributed by atoms with van der Waals surface area (Å²) in [4.78, 5) is 65.8. The van der Waals surface area contributed by atoms with E-state index in [9.17, 15) is 27.7 Å². The monoisotopic (exact) mass is 690 g/mol. The van der Waals surface area contributed by atoms with Gasteiger partial charge in [-0.1, -0.05) is 62.4 Å². The number of benzene rings is 2. The maximum atomic E-state index is 14.3. The minimum absolute atomic E-state index is 0.123. The van der Waals surface area contributed by atoms with Crippen molar-refractivity contribution in [2.75, 3.05) is 11.9 Å². The first-order chi connectivity index (χ1) is 21.5. The lowest BCUT2D eigenvalue weighted by Gasteiger charge is -2.35. The minimum atomic E-state index is -5.77. The SMILES string of the molecule is Cc1ccccc1-c1cnc(NC(=O)[C@@H]2CCCN2C(=O)[C@@H](NC(=O)c2cc3cc(C(F)(F)P(=O)(O)O)ccc3s2)C(C)(C)C)s1. The standard InChI is InChI=1S/C31H33F2N4O6PS2/c1-17-8-5-6-9-20(17)24-16-34-29(46-24)36-26(38)21-10-7-13-37(21)28(40)25(30(2,3)4)35-27(39)23-15-18-14-19(11-12-22(18)45-23)31(32,33)44(41,42)43/h5-6,8-9,11-12,14-16,21,25H,7,10,13H2,1-4H3,(H,35,39)(H,34,36,38)(H2,41,42,43)/t21-,25+/m0/s1. The molecule has 3 heterocycles. The fraction of sp³-hybridized carbons (Fsp3) is 0.355. The normalized spacial score (nSPS) is 16.4. The summed E-state index contributed by atoms with van der Waals surface area (Å²) in [5, 5.41) is 6.24. The Balaban J connectivity index is 1.32. The molecule has 10 nitrogen and oxygen atoms in total. The molecule has 0 spiro atoms. The lowest BCUT2D eigenvalue weighted by atomic mass is 9.85. The van der Waals surface area contributed by atoms with Crippen molar-refractivity contribution in [1.29, 1.82) is 0 Å². The molecule has 46 heavy (non-hydrogen) atoms. The number of carbonyl (C=O) groups excluding carboxylic acids is 3. The van der Waals surface area contributed by atoms with Gasteiger partial charge < -0.3 is 25.3 Å². The number of aromatic nitrogens is 1. The van der Waals surface area contributed by atoms with Crippen LogP contribution < -0.4 is 10.6 Å². The van der Waals surface area contributed by atoms with Crippen LogP contribution >= 0.6 is 30.3 Å². The van der Waals surface area contributed by atoms with Crippen molar-refractivity contribution >= 4 is 63.2 Å². The van der Waals surface area contributed by atoms with E-state index in [-0.39, 0.29) is 16.2 Å². The van der Waals surface area contributed by atoms with Crippen LogP contribution in [0.25, 0.3) is 20.5 Å². The van der Waals surface area contributed by atoms with Crippen molar-refractivity contribution in [2.24, 2.45) is 5.41 Å². The Morgan fingerprint density at radius 1 is 1.09 bits per heavy atom. The average Bonchev–Trinajstić information content (AvgIpc) is 3.74. The zero-order chi connectivity index (χ0) is 33.6. The highest BCUT2D eigenvalue weighted by molar-refractivity contribution is 7.52. The fourth-order valence-electron chi connectivity index (χ4n) is 5.32. The number of alkyl halides is 2. The number of nitrogens with zero attached hydrogens (tertiary/aromatic N) is 2. The van der Waals surface area contributed by atoms with Crippen LogP contribution in [0.3, 0.4) is 0 Å². The number of hydrogen-bond acceptors (Lipinski definition) is 7. The summed E-state index contributed by atoms with van der Waals surface area (Å²) in [6.45, 7) is 7.67. The summed E-state index contributed by atoms with van der Waals surface area (Å²) in [7, 11) is -5.77. The molecular weight excluding hydrogens is 657 g/mol. The second-order valence-corrected chi connectivity index (χ2v) is 16.0. The van der Waals surface area contributed by atoms with E-state index in [1.807, 2.05) is 31.2 Å². The number of halogens is 2. The smallest absolute Gasteiger partial charge is 0.339 e. The molecule has 2 aromatic carbocycles. The highest BCUT2D eigenvalue weighted by Crippen LogP contribution is 2.59. The molecule has 1 saturated heterocycles. The topological polar surface area (TPSA) is 149 Å². The third-order valence-electron chi connectivity index (χ3n) is 7.83. The number of thiophene rings is 1. The lowest BCUT2D eigenvalue weighted by molar-refractivity contribution is -0.140. The Bertz CT molecular complexity index is 1860. The molecular formula is C31H33F2N4O6PS2. The fourth-order valence-corrected chi connectivity index (χ4v) is 7.66. The van der Waals surface area contributed by atoms with Gasteiger partial charge in [-0.3, -0.25) is 18.9 Å². The van der Waals surface area contributed by atoms with Gasteiger partial charge in [-0.2, -0.15) is 8.78 Å². The van der Waals surface area contributed by atoms with Gasteiger partial charge in [0.25, 0.3) is 5.91 Å². The molecule has 0 bridgehead atoms. The number of fused-ring (bicyclic) bond motifs is 1. The van der Waals surface area contributed by atoms with E-state index < -0.39 is 48.1 Å². The third-order valence-corrected chi connectivity index (χ3v) is 10.9. The van der Waals surface area contributed by atoms with Crippen molar-refractivity contribution in [3.8, 4) is 10.4 Å². The van der Waals surface area contributed by atoms with E-state index in [0.29, 0.717) is 29.2 Å². The Morgan fingerprint density at radius 3 is 2.48 bits per heavy atom. The Hall–Kier alpha value is -3.55. The van der Waals surface area contributed by atoms with Gasteiger partial charge in [-0.05, 0) is 59.9 Å². The predicted octanol–water partition coefficient (Wildman–Crippen LogP) is 6.33. The molecule has 0 saturated carbocycles. The number of amides is 3. The van der Waals surface area contributed by atoms with E-state index >= 15 is 0 Å². The molecule has 0 unspecified atom stereocenters. The molecule has 3 amide bonds. The van der Waals surface area contributed by atoms with Crippen LogP contribution in [0, 0.1) is 12.3 Å². The molecule has 0 aliphatic carbocycles. The summed E-state index contributed by atoms with van der Waals surface area (Å²) in [6.07, 6.45) is 2.73. The van der Waals surface area contributed by atoms with E-state index in [1.165, 1.54) is 28.4 Å². The summed E-state index contributed by atoms with van der Waals surface area (Å²) >= 11 is 2.33. The molecule has 2 aromatic heterocycles. The molecule has 2 atom stereocenters. The first kappa shape index (κ1) is 33.8. The van der Waals surface area contributed by atoms with Gasteiger partial charge in [0.05, 0.1) is 9.75 Å². The van der Waals surface area contributed by atoms with Gasteiger partial charge in [0.1, 0.15) is 12.1 Å². The maximum Gasteiger partial charge on any atom is 0.399 e. The van der Waals surface area contributed by atoms with Gasteiger partial charge in [0.15, 0.2) is 5.13 Å². The Morgan fingerprint density at radius 2 is 1.80 bits per heavy atom. The summed E-state index contributed by atoms with van der Waals surface area (Å²) in [6, 6.07) is 10.5. The molecule has 5 rings (SSSR count). The molecule has 0 radical (unpaired) electrons. The lowest BCUT2D eigenvalue weighted by Crippen LogP contribution is -2.57. The average molecular weight is 691 g/mol. The number of carbonyl (C=O) groups is 3. The molecule has 1 aliphatic rings. The second kappa shape index (κ2) is 12.6. The summed E-state index contributed by atoms with van der Waals surface area (Å²) < 4.78 is 40.3. The molecule has 15 heteroatoms. The van der Waals surface area contributed by atoms with Gasteiger partial charge >= 0.3 is 13.3 Å². The van der Waals surface area contributed by atoms with Crippen molar-refractivity contribution in [3.05, 3.63) is 70.7 Å². The van der Waals surface area contributed by atoms with Gasteiger partial charge in [0, 0.05) is 23.0 Å². The zero-order valence-corrected chi connectivity index (χ0v) is 27.9. The van der Waals surface area contributed by atoms with Crippen molar-refractivity contribution in [1.82, 2.24) is 15.2 Å². The van der Waals surface area contributed by atoms with Crippen LogP contribution in [-0.4, -0.2) is 56.0 Å². The van der Waals surface area contributed by atoms with E-state index in [0.717, 1.165) is 39.5 Å². The van der Waals surface area contributed by atoms with Crippen LogP contribution in [0.15, 0.2) is 54.7 Å². The number of rotatable bonds is 8. The number of thiazole rings is 1. The van der Waals surface area contributed by atoms with Crippen LogP contribution in [0.1, 0.15) is 54.4 Å². The van der Waals surface area contributed by atoms with E-state index in [1.54, 1.807) is 27.0 Å². The largest absolute Gasteiger partial charge is 0.399 e. The van der Waals surface area contributed by atoms with Crippen LogP contribution in [0.2, 0.25) is 0 Å². The first-order valence-corrected chi connectivity index (χ1v) is 17.6. The summed E-state index contributed by atoms with van der Waals surface area (Å²) in [5.41, 5.74) is -3.93. The number of anilines is 1. The number of nitrogens with one attached hydrogen (secondary N) is 2. The van der Waals surface area contributed by atoms with Gasteiger partial charge in [-0.15, -0.1) is 11.3 Å². The quantitative estimate of drug-likeness (QED) is 0.158. The number of likely N-dealkylation sites (tertiary alicyclic amines) is 1. The zero-order valence-electron chi connectivity index (χ0n) is 25.4. The van der Waals surface area contributed by atoms with Crippen LogP contribution in [-0.2, 0) is 19.8 Å². The van der Waals surface area contributed by atoms with Crippen LogP contribution in [0.4, 0.5) is 13.9 Å². The third kappa shape index (κ3) is 6.77. The van der Waals surface area contributed by atoms with E-state index in [4.69, 9.17) is 9.79 Å². The molecule has 4 aromatic rings. The van der Waals surface area contributed by atoms with Crippen LogP contribution in [0.5, 0.6) is 0 Å². The number of aryl methyl sites for hydroxylation is 1. The van der Waals surface area contributed by atoms with Gasteiger partial charge in [0.2, 0.25) is 11.8 Å². The van der Waals surface area contributed by atoms with E-state index in [2.05, 4.69) is 15.6 Å². The second-order valence-electron chi connectivity index (χ2n) is 12.2. The predicted molar refractivity (Wildman–Crippen MR) is 174 cm³/mol. The molecule has 244 valence electrons. The Labute approximate surface area is 272 Å². The first-order valence-electron chi connectivity index (χ1n) is 14.4. The maximum absolute atomic E-state index is 14.3. The molecule has 1 fully saturated rings. The van der Waals surface area contributed by atoms with Crippen molar-refractivity contribution < 1.29 is 37.5 Å². The molecule has 1 aliphatic heterocycles. The number of hydrogen-bond donors (Lipinski definition) is 4. The Kier molecular flexibility index (Phi) is 9.24. The highest BCUT2D eigenvalue weighted by atomic mass is 32.1.